The number of hydrogen-bond donors (Lipinski definition) is 1. The van der Waals surface area contributed by atoms with Crippen LogP contribution >= 0.6 is 0 Å². The summed E-state index contributed by atoms with van der Waals surface area (Å²) in [7, 11) is 0. The predicted molar refractivity (Wildman–Crippen MR) is 81.6 cm³/mol. The van der Waals surface area contributed by atoms with Crippen molar-refractivity contribution in [1.82, 2.24) is 15.5 Å². The summed E-state index contributed by atoms with van der Waals surface area (Å²) < 4.78 is 5.21. The minimum atomic E-state index is 0.374. The van der Waals surface area contributed by atoms with Crippen LogP contribution < -0.4 is 5.32 Å². The van der Waals surface area contributed by atoms with Crippen LogP contribution in [0.1, 0.15) is 55.4 Å². The van der Waals surface area contributed by atoms with Crippen LogP contribution in [0.5, 0.6) is 0 Å². The summed E-state index contributed by atoms with van der Waals surface area (Å²) >= 11 is 0. The highest BCUT2D eigenvalue weighted by Crippen LogP contribution is 2.34. The largest absolute Gasteiger partial charge is 0.338 e. The molecule has 3 rings (SSSR count). The number of nitrogens with one attached hydrogen (secondary N) is 1. The molecule has 112 valence electrons. The molecule has 0 spiro atoms. The van der Waals surface area contributed by atoms with Gasteiger partial charge >= 0.3 is 0 Å². The average molecular weight is 285 g/mol. The summed E-state index contributed by atoms with van der Waals surface area (Å²) in [4.78, 5) is 4.28. The van der Waals surface area contributed by atoms with Crippen molar-refractivity contribution in [2.24, 2.45) is 5.92 Å². The van der Waals surface area contributed by atoms with Crippen molar-refractivity contribution in [1.29, 1.82) is 0 Å². The third kappa shape index (κ3) is 3.70. The maximum absolute atomic E-state index is 5.21. The lowest BCUT2D eigenvalue weighted by molar-refractivity contribution is 0.259. The molecule has 4 nitrogen and oxygen atoms in total. The number of benzene rings is 1. The third-order valence-corrected chi connectivity index (χ3v) is 4.32. The van der Waals surface area contributed by atoms with E-state index in [0.717, 1.165) is 0 Å². The van der Waals surface area contributed by atoms with Crippen LogP contribution in [0.2, 0.25) is 0 Å². The third-order valence-electron chi connectivity index (χ3n) is 4.32. The van der Waals surface area contributed by atoms with Gasteiger partial charge < -0.3 is 9.84 Å². The van der Waals surface area contributed by atoms with Crippen LogP contribution in [0.15, 0.2) is 34.9 Å². The first-order valence-electron chi connectivity index (χ1n) is 7.90. The zero-order valence-electron chi connectivity index (χ0n) is 12.6. The normalized spacial score (nSPS) is 17.8. The maximum Gasteiger partial charge on any atom is 0.240 e. The molecule has 0 radical (unpaired) electrons. The molecule has 1 aromatic heterocycles. The topological polar surface area (TPSA) is 51.0 Å². The summed E-state index contributed by atoms with van der Waals surface area (Å²) in [6, 6.07) is 11.1. The summed E-state index contributed by atoms with van der Waals surface area (Å²) in [6.07, 6.45) is 6.66. The van der Waals surface area contributed by atoms with Crippen LogP contribution in [0.4, 0.5) is 0 Å². The summed E-state index contributed by atoms with van der Waals surface area (Å²) in [5.41, 5.74) is 1.36. The molecule has 0 amide bonds. The number of aromatic nitrogens is 2. The molecule has 1 atom stereocenters. The Balaban J connectivity index is 1.72. The molecule has 1 unspecified atom stereocenters. The Morgan fingerprint density at radius 2 is 1.95 bits per heavy atom. The molecule has 1 aliphatic carbocycles. The summed E-state index contributed by atoms with van der Waals surface area (Å²) in [5, 5.41) is 7.49. The number of hydrogen-bond acceptors (Lipinski definition) is 4. The first-order chi connectivity index (χ1) is 10.3. The second-order valence-corrected chi connectivity index (χ2v) is 5.90. The van der Waals surface area contributed by atoms with Crippen molar-refractivity contribution >= 4 is 0 Å². The molecule has 21 heavy (non-hydrogen) atoms. The molecular formula is C17H23N3O. The lowest BCUT2D eigenvalue weighted by atomic mass is 9.81. The fourth-order valence-electron chi connectivity index (χ4n) is 3.29. The summed E-state index contributed by atoms with van der Waals surface area (Å²) in [5.74, 6) is 2.06. The first-order valence-corrected chi connectivity index (χ1v) is 7.90. The van der Waals surface area contributed by atoms with Gasteiger partial charge in [0.25, 0.3) is 0 Å². The van der Waals surface area contributed by atoms with Crippen molar-refractivity contribution < 1.29 is 4.52 Å². The molecule has 1 saturated carbocycles. The van der Waals surface area contributed by atoms with Crippen molar-refractivity contribution in [2.75, 3.05) is 0 Å². The highest BCUT2D eigenvalue weighted by molar-refractivity contribution is 5.20. The standard InChI is InChI=1S/C17H23N3O/c1-13-19-16(21-20-13)12-18-17(14-8-4-2-5-9-14)15-10-6-3-7-11-15/h2,4-5,8-9,15,17-18H,3,6-7,10-12H2,1H3. The number of nitrogens with zero attached hydrogens (tertiary/aromatic N) is 2. The van der Waals surface area contributed by atoms with Crippen LogP contribution in [0.3, 0.4) is 0 Å². The quantitative estimate of drug-likeness (QED) is 0.908. The summed E-state index contributed by atoms with van der Waals surface area (Å²) in [6.45, 7) is 2.49. The lowest BCUT2D eigenvalue weighted by Gasteiger charge is -2.31. The highest BCUT2D eigenvalue weighted by Gasteiger charge is 2.25. The molecule has 0 saturated heterocycles. The van der Waals surface area contributed by atoms with E-state index in [1.165, 1.54) is 37.7 Å². The van der Waals surface area contributed by atoms with Crippen molar-refractivity contribution in [3.8, 4) is 0 Å². The van der Waals surface area contributed by atoms with Gasteiger partial charge in [0, 0.05) is 6.04 Å². The lowest BCUT2D eigenvalue weighted by Crippen LogP contribution is -2.29. The molecule has 2 aromatic rings. The van der Waals surface area contributed by atoms with Gasteiger partial charge in [0.2, 0.25) is 5.89 Å². The highest BCUT2D eigenvalue weighted by atomic mass is 16.5. The van der Waals surface area contributed by atoms with Gasteiger partial charge in [-0.05, 0) is 31.2 Å². The SMILES string of the molecule is Cc1noc(CNC(c2ccccc2)C2CCCCC2)n1. The second kappa shape index (κ2) is 6.85. The fourth-order valence-corrected chi connectivity index (χ4v) is 3.29. The zero-order chi connectivity index (χ0) is 14.5. The van der Waals surface area contributed by atoms with Crippen molar-refractivity contribution in [2.45, 2.75) is 51.6 Å². The Kier molecular flexibility index (Phi) is 4.65. The molecule has 1 heterocycles. The van der Waals surface area contributed by atoms with E-state index in [2.05, 4.69) is 45.8 Å². The van der Waals surface area contributed by atoms with E-state index in [1.54, 1.807) is 0 Å². The molecule has 1 aliphatic rings. The first kappa shape index (κ1) is 14.3. The van der Waals surface area contributed by atoms with E-state index in [0.29, 0.717) is 30.2 Å². The molecule has 1 N–H and O–H groups in total. The average Bonchev–Trinajstić information content (AvgIpc) is 2.95. The molecule has 1 fully saturated rings. The second-order valence-electron chi connectivity index (χ2n) is 5.90. The Morgan fingerprint density at radius 3 is 2.62 bits per heavy atom. The van der Waals surface area contributed by atoms with Gasteiger partial charge in [-0.2, -0.15) is 4.98 Å². The smallest absolute Gasteiger partial charge is 0.240 e. The van der Waals surface area contributed by atoms with Crippen LogP contribution in [-0.2, 0) is 6.54 Å². The Labute approximate surface area is 126 Å². The Hall–Kier alpha value is -1.68. The fraction of sp³-hybridized carbons (Fsp3) is 0.529. The molecule has 0 bridgehead atoms. The van der Waals surface area contributed by atoms with Gasteiger partial charge in [0.1, 0.15) is 0 Å². The van der Waals surface area contributed by atoms with Crippen LogP contribution in [0, 0.1) is 12.8 Å². The van der Waals surface area contributed by atoms with E-state index < -0.39 is 0 Å². The van der Waals surface area contributed by atoms with Crippen LogP contribution in [0.25, 0.3) is 0 Å². The number of aryl methyl sites for hydroxylation is 1. The molecule has 4 heteroatoms. The monoisotopic (exact) mass is 285 g/mol. The zero-order valence-corrected chi connectivity index (χ0v) is 12.6. The Morgan fingerprint density at radius 1 is 1.19 bits per heavy atom. The maximum atomic E-state index is 5.21. The van der Waals surface area contributed by atoms with E-state index in [-0.39, 0.29) is 0 Å². The van der Waals surface area contributed by atoms with Gasteiger partial charge in [0.15, 0.2) is 5.82 Å². The van der Waals surface area contributed by atoms with Crippen molar-refractivity contribution in [3.05, 3.63) is 47.6 Å². The van der Waals surface area contributed by atoms with Crippen LogP contribution in [-0.4, -0.2) is 10.1 Å². The van der Waals surface area contributed by atoms with Gasteiger partial charge in [-0.15, -0.1) is 0 Å². The van der Waals surface area contributed by atoms with Crippen molar-refractivity contribution in [3.63, 3.8) is 0 Å². The van der Waals surface area contributed by atoms with Gasteiger partial charge in [0.05, 0.1) is 6.54 Å². The Bertz CT molecular complexity index is 546. The molecule has 1 aromatic carbocycles. The predicted octanol–water partition coefficient (Wildman–Crippen LogP) is 3.79. The number of rotatable bonds is 5. The van der Waals surface area contributed by atoms with Gasteiger partial charge in [-0.3, -0.25) is 0 Å². The molecular weight excluding hydrogens is 262 g/mol. The van der Waals surface area contributed by atoms with E-state index >= 15 is 0 Å². The molecule has 0 aliphatic heterocycles. The minimum Gasteiger partial charge on any atom is -0.338 e. The van der Waals surface area contributed by atoms with E-state index in [4.69, 9.17) is 4.52 Å². The van der Waals surface area contributed by atoms with E-state index in [9.17, 15) is 0 Å². The van der Waals surface area contributed by atoms with Gasteiger partial charge in [-0.1, -0.05) is 54.8 Å². The van der Waals surface area contributed by atoms with Gasteiger partial charge in [-0.25, -0.2) is 0 Å². The van der Waals surface area contributed by atoms with E-state index in [1.807, 2.05) is 6.92 Å². The minimum absolute atomic E-state index is 0.374.